The van der Waals surface area contributed by atoms with E-state index in [0.29, 0.717) is 0 Å². The molecule has 0 unspecified atom stereocenters. The van der Waals surface area contributed by atoms with Crippen molar-refractivity contribution in [3.63, 3.8) is 0 Å². The first-order chi connectivity index (χ1) is 10.3. The SMILES string of the molecule is COc1ccc(CSCc2nc3ncccn3c2C)cc1. The van der Waals surface area contributed by atoms with Crippen molar-refractivity contribution in [3.05, 3.63) is 59.7 Å². The van der Waals surface area contributed by atoms with E-state index < -0.39 is 0 Å². The van der Waals surface area contributed by atoms with Crippen LogP contribution in [0.5, 0.6) is 5.75 Å². The maximum atomic E-state index is 5.17. The molecule has 0 aliphatic carbocycles. The summed E-state index contributed by atoms with van der Waals surface area (Å²) in [6.07, 6.45) is 3.78. The van der Waals surface area contributed by atoms with E-state index in [1.807, 2.05) is 40.6 Å². The predicted molar refractivity (Wildman–Crippen MR) is 85.7 cm³/mol. The zero-order chi connectivity index (χ0) is 14.7. The van der Waals surface area contributed by atoms with Crippen molar-refractivity contribution < 1.29 is 4.74 Å². The van der Waals surface area contributed by atoms with E-state index in [0.717, 1.165) is 28.7 Å². The minimum absolute atomic E-state index is 0.773. The maximum Gasteiger partial charge on any atom is 0.234 e. The number of aromatic nitrogens is 3. The van der Waals surface area contributed by atoms with Crippen LogP contribution in [0.15, 0.2) is 42.7 Å². The van der Waals surface area contributed by atoms with Gasteiger partial charge in [-0.25, -0.2) is 9.97 Å². The summed E-state index contributed by atoms with van der Waals surface area (Å²) in [4.78, 5) is 8.86. The number of rotatable bonds is 5. The number of imidazole rings is 1. The Labute approximate surface area is 128 Å². The van der Waals surface area contributed by atoms with Gasteiger partial charge in [0.15, 0.2) is 0 Å². The Balaban J connectivity index is 1.64. The largest absolute Gasteiger partial charge is 0.497 e. The standard InChI is InChI=1S/C16H17N3OS/c1-12-15(18-16-17-8-3-9-19(12)16)11-21-10-13-4-6-14(20-2)7-5-13/h3-9H,10-11H2,1-2H3. The highest BCUT2D eigenvalue weighted by Gasteiger charge is 2.08. The first-order valence-corrected chi connectivity index (χ1v) is 7.92. The molecule has 0 saturated carbocycles. The number of nitrogens with zero attached hydrogens (tertiary/aromatic N) is 3. The van der Waals surface area contributed by atoms with Crippen LogP contribution >= 0.6 is 11.8 Å². The molecule has 108 valence electrons. The number of thioether (sulfide) groups is 1. The summed E-state index contributed by atoms with van der Waals surface area (Å²) in [5.74, 6) is 3.52. The topological polar surface area (TPSA) is 39.4 Å². The van der Waals surface area contributed by atoms with Gasteiger partial charge in [0, 0.05) is 29.6 Å². The lowest BCUT2D eigenvalue weighted by Crippen LogP contribution is -1.90. The summed E-state index contributed by atoms with van der Waals surface area (Å²) in [7, 11) is 1.68. The molecule has 0 bridgehead atoms. The van der Waals surface area contributed by atoms with Crippen LogP contribution < -0.4 is 4.74 Å². The van der Waals surface area contributed by atoms with Gasteiger partial charge in [-0.1, -0.05) is 12.1 Å². The fraction of sp³-hybridized carbons (Fsp3) is 0.250. The average Bonchev–Trinajstić information content (AvgIpc) is 2.85. The van der Waals surface area contributed by atoms with Crippen molar-refractivity contribution in [2.24, 2.45) is 0 Å². The third kappa shape index (κ3) is 3.03. The van der Waals surface area contributed by atoms with Gasteiger partial charge in [0.1, 0.15) is 5.75 Å². The van der Waals surface area contributed by atoms with E-state index >= 15 is 0 Å². The van der Waals surface area contributed by atoms with E-state index in [1.54, 1.807) is 13.3 Å². The van der Waals surface area contributed by atoms with Gasteiger partial charge in [-0.2, -0.15) is 11.8 Å². The highest BCUT2D eigenvalue weighted by molar-refractivity contribution is 7.97. The van der Waals surface area contributed by atoms with Crippen molar-refractivity contribution in [3.8, 4) is 5.75 Å². The molecule has 3 rings (SSSR count). The lowest BCUT2D eigenvalue weighted by Gasteiger charge is -2.03. The molecule has 0 spiro atoms. The summed E-state index contributed by atoms with van der Waals surface area (Å²) >= 11 is 1.86. The Kier molecular flexibility index (Phi) is 4.10. The van der Waals surface area contributed by atoms with Gasteiger partial charge in [-0.05, 0) is 30.7 Å². The number of methoxy groups -OCH3 is 1. The molecule has 0 aliphatic heterocycles. The smallest absolute Gasteiger partial charge is 0.234 e. The average molecular weight is 299 g/mol. The third-order valence-electron chi connectivity index (χ3n) is 3.41. The molecule has 5 heteroatoms. The van der Waals surface area contributed by atoms with Crippen molar-refractivity contribution in [2.75, 3.05) is 7.11 Å². The highest BCUT2D eigenvalue weighted by atomic mass is 32.2. The maximum absolute atomic E-state index is 5.17. The van der Waals surface area contributed by atoms with Crippen LogP contribution in [-0.2, 0) is 11.5 Å². The van der Waals surface area contributed by atoms with Gasteiger partial charge in [0.25, 0.3) is 0 Å². The van der Waals surface area contributed by atoms with Crippen molar-refractivity contribution in [2.45, 2.75) is 18.4 Å². The number of benzene rings is 1. The lowest BCUT2D eigenvalue weighted by molar-refractivity contribution is 0.414. The fourth-order valence-corrected chi connectivity index (χ4v) is 3.17. The molecule has 0 saturated heterocycles. The molecular weight excluding hydrogens is 282 g/mol. The summed E-state index contributed by atoms with van der Waals surface area (Å²) in [5, 5.41) is 0. The van der Waals surface area contributed by atoms with E-state index in [4.69, 9.17) is 4.74 Å². The molecule has 0 amide bonds. The number of aryl methyl sites for hydroxylation is 1. The normalized spacial score (nSPS) is 11.0. The van der Waals surface area contributed by atoms with Gasteiger partial charge in [0.2, 0.25) is 5.78 Å². The molecule has 4 nitrogen and oxygen atoms in total. The van der Waals surface area contributed by atoms with E-state index in [-0.39, 0.29) is 0 Å². The number of ether oxygens (including phenoxy) is 1. The second kappa shape index (κ2) is 6.18. The van der Waals surface area contributed by atoms with Gasteiger partial charge >= 0.3 is 0 Å². The first-order valence-electron chi connectivity index (χ1n) is 6.77. The third-order valence-corrected chi connectivity index (χ3v) is 4.42. The Bertz CT molecular complexity index is 737. The molecule has 0 fully saturated rings. The summed E-state index contributed by atoms with van der Waals surface area (Å²) in [5.41, 5.74) is 3.56. The molecule has 2 aromatic heterocycles. The predicted octanol–water partition coefficient (Wildman–Crippen LogP) is 3.48. The fourth-order valence-electron chi connectivity index (χ4n) is 2.17. The van der Waals surface area contributed by atoms with Crippen LogP contribution in [0.2, 0.25) is 0 Å². The van der Waals surface area contributed by atoms with Crippen LogP contribution in [0, 0.1) is 6.92 Å². The first kappa shape index (κ1) is 13.9. The van der Waals surface area contributed by atoms with E-state index in [2.05, 4.69) is 29.0 Å². The van der Waals surface area contributed by atoms with Crippen LogP contribution in [0.1, 0.15) is 17.0 Å². The lowest BCUT2D eigenvalue weighted by atomic mass is 10.2. The minimum atomic E-state index is 0.773. The number of hydrogen-bond donors (Lipinski definition) is 0. The van der Waals surface area contributed by atoms with Crippen LogP contribution in [0.4, 0.5) is 0 Å². The molecule has 1 aromatic carbocycles. The zero-order valence-corrected chi connectivity index (χ0v) is 12.9. The zero-order valence-electron chi connectivity index (χ0n) is 12.1. The van der Waals surface area contributed by atoms with Crippen LogP contribution in [0.25, 0.3) is 5.78 Å². The Morgan fingerprint density at radius 1 is 1.19 bits per heavy atom. The molecular formula is C16H17N3OS. The summed E-state index contributed by atoms with van der Waals surface area (Å²) in [6.45, 7) is 2.09. The number of fused-ring (bicyclic) bond motifs is 1. The summed E-state index contributed by atoms with van der Waals surface area (Å²) in [6, 6.07) is 10.1. The van der Waals surface area contributed by atoms with E-state index in [9.17, 15) is 0 Å². The second-order valence-corrected chi connectivity index (χ2v) is 5.76. The van der Waals surface area contributed by atoms with Crippen LogP contribution in [0.3, 0.4) is 0 Å². The number of hydrogen-bond acceptors (Lipinski definition) is 4. The summed E-state index contributed by atoms with van der Waals surface area (Å²) < 4.78 is 7.20. The molecule has 0 radical (unpaired) electrons. The van der Waals surface area contributed by atoms with Gasteiger partial charge in [0.05, 0.1) is 12.8 Å². The van der Waals surface area contributed by atoms with Crippen LogP contribution in [-0.4, -0.2) is 21.5 Å². The molecule has 0 aliphatic rings. The van der Waals surface area contributed by atoms with Crippen molar-refractivity contribution >= 4 is 17.5 Å². The highest BCUT2D eigenvalue weighted by Crippen LogP contribution is 2.21. The molecule has 0 N–H and O–H groups in total. The Morgan fingerprint density at radius 3 is 2.71 bits per heavy atom. The monoisotopic (exact) mass is 299 g/mol. The Hall–Kier alpha value is -2.01. The van der Waals surface area contributed by atoms with E-state index in [1.165, 1.54) is 11.3 Å². The molecule has 2 heterocycles. The minimum Gasteiger partial charge on any atom is -0.497 e. The van der Waals surface area contributed by atoms with Gasteiger partial charge < -0.3 is 4.74 Å². The van der Waals surface area contributed by atoms with Gasteiger partial charge in [-0.15, -0.1) is 0 Å². The molecule has 3 aromatic rings. The second-order valence-electron chi connectivity index (χ2n) is 4.77. The van der Waals surface area contributed by atoms with Crippen molar-refractivity contribution in [1.29, 1.82) is 0 Å². The molecule has 0 atom stereocenters. The molecule has 21 heavy (non-hydrogen) atoms. The quantitative estimate of drug-likeness (QED) is 0.723. The van der Waals surface area contributed by atoms with Crippen molar-refractivity contribution in [1.82, 2.24) is 14.4 Å². The van der Waals surface area contributed by atoms with Gasteiger partial charge in [-0.3, -0.25) is 4.40 Å². The Morgan fingerprint density at radius 2 is 2.00 bits per heavy atom.